The van der Waals surface area contributed by atoms with Gasteiger partial charge in [-0.05, 0) is 37.1 Å². The molecule has 0 aromatic heterocycles. The second kappa shape index (κ2) is 5.27. The quantitative estimate of drug-likeness (QED) is 0.877. The number of benzene rings is 1. The van der Waals surface area contributed by atoms with Gasteiger partial charge in [0.1, 0.15) is 5.82 Å². The van der Waals surface area contributed by atoms with Gasteiger partial charge in [-0.3, -0.25) is 9.69 Å². The van der Waals surface area contributed by atoms with E-state index in [9.17, 15) is 9.18 Å². The van der Waals surface area contributed by atoms with Crippen LogP contribution in [0.5, 0.6) is 0 Å². The van der Waals surface area contributed by atoms with E-state index in [0.717, 1.165) is 31.4 Å². The Hall–Kier alpha value is -1.42. The molecule has 0 aliphatic carbocycles. The van der Waals surface area contributed by atoms with Crippen molar-refractivity contribution in [3.8, 4) is 0 Å². The minimum absolute atomic E-state index is 0.0576. The summed E-state index contributed by atoms with van der Waals surface area (Å²) in [5.74, 6) is -1.06. The molecule has 0 spiro atoms. The number of piperidine rings is 1. The fourth-order valence-corrected chi connectivity index (χ4v) is 2.42. The zero-order valence-corrected chi connectivity index (χ0v) is 9.60. The maximum atomic E-state index is 12.9. The molecule has 3 nitrogen and oxygen atoms in total. The predicted molar refractivity (Wildman–Crippen MR) is 62.2 cm³/mol. The van der Waals surface area contributed by atoms with E-state index in [-0.39, 0.29) is 18.4 Å². The van der Waals surface area contributed by atoms with Crippen molar-refractivity contribution in [2.75, 3.05) is 13.1 Å². The van der Waals surface area contributed by atoms with Gasteiger partial charge < -0.3 is 5.11 Å². The SMILES string of the molecule is O=C(O)CN1CCCC[C@H]1c1ccc(F)cc1. The van der Waals surface area contributed by atoms with E-state index in [1.807, 2.05) is 4.90 Å². The number of carboxylic acid groups (broad SMARTS) is 1. The van der Waals surface area contributed by atoms with Gasteiger partial charge in [0.2, 0.25) is 0 Å². The number of hydrogen-bond acceptors (Lipinski definition) is 2. The van der Waals surface area contributed by atoms with E-state index in [1.54, 1.807) is 12.1 Å². The van der Waals surface area contributed by atoms with Gasteiger partial charge in [-0.1, -0.05) is 18.6 Å². The first-order valence-electron chi connectivity index (χ1n) is 5.88. The van der Waals surface area contributed by atoms with Gasteiger partial charge >= 0.3 is 5.97 Å². The van der Waals surface area contributed by atoms with E-state index in [1.165, 1.54) is 12.1 Å². The Morgan fingerprint density at radius 1 is 1.35 bits per heavy atom. The molecule has 92 valence electrons. The first kappa shape index (κ1) is 12.0. The molecule has 0 saturated carbocycles. The Balaban J connectivity index is 2.15. The summed E-state index contributed by atoms with van der Waals surface area (Å²) in [6, 6.07) is 6.48. The first-order valence-corrected chi connectivity index (χ1v) is 5.88. The van der Waals surface area contributed by atoms with Crippen molar-refractivity contribution < 1.29 is 14.3 Å². The lowest BCUT2D eigenvalue weighted by Crippen LogP contribution is -2.37. The van der Waals surface area contributed by atoms with Crippen molar-refractivity contribution in [1.29, 1.82) is 0 Å². The number of rotatable bonds is 3. The number of aliphatic carboxylic acids is 1. The minimum atomic E-state index is -0.806. The highest BCUT2D eigenvalue weighted by Crippen LogP contribution is 2.30. The summed E-state index contributed by atoms with van der Waals surface area (Å²) in [6.07, 6.45) is 3.07. The molecule has 0 radical (unpaired) electrons. The van der Waals surface area contributed by atoms with Crippen molar-refractivity contribution in [3.05, 3.63) is 35.6 Å². The summed E-state index contributed by atoms with van der Waals surface area (Å²) in [6.45, 7) is 0.858. The highest BCUT2D eigenvalue weighted by Gasteiger charge is 2.25. The number of halogens is 1. The molecule has 1 aromatic rings. The molecule has 2 rings (SSSR count). The number of nitrogens with zero attached hydrogens (tertiary/aromatic N) is 1. The molecular weight excluding hydrogens is 221 g/mol. The molecule has 1 heterocycles. The lowest BCUT2D eigenvalue weighted by Gasteiger charge is -2.34. The van der Waals surface area contributed by atoms with Crippen LogP contribution >= 0.6 is 0 Å². The number of carbonyl (C=O) groups is 1. The molecule has 1 fully saturated rings. The average Bonchev–Trinajstić information content (AvgIpc) is 2.30. The maximum Gasteiger partial charge on any atom is 0.317 e. The molecular formula is C13H16FNO2. The van der Waals surface area contributed by atoms with Gasteiger partial charge in [0.25, 0.3) is 0 Å². The van der Waals surface area contributed by atoms with Crippen LogP contribution in [0.4, 0.5) is 4.39 Å². The summed E-state index contributed by atoms with van der Waals surface area (Å²) in [7, 11) is 0. The molecule has 4 heteroatoms. The van der Waals surface area contributed by atoms with Crippen molar-refractivity contribution in [3.63, 3.8) is 0 Å². The molecule has 17 heavy (non-hydrogen) atoms. The summed E-state index contributed by atoms with van der Waals surface area (Å²) >= 11 is 0. The van der Waals surface area contributed by atoms with Gasteiger partial charge in [-0.2, -0.15) is 0 Å². The van der Waals surface area contributed by atoms with Gasteiger partial charge in [0.05, 0.1) is 6.54 Å². The van der Waals surface area contributed by atoms with Crippen LogP contribution in [-0.4, -0.2) is 29.1 Å². The Bertz CT molecular complexity index is 391. The first-order chi connectivity index (χ1) is 8.16. The lowest BCUT2D eigenvalue weighted by molar-refractivity contribution is -0.139. The Morgan fingerprint density at radius 3 is 2.71 bits per heavy atom. The normalized spacial score (nSPS) is 21.4. The molecule has 0 amide bonds. The van der Waals surface area contributed by atoms with Crippen molar-refractivity contribution in [1.82, 2.24) is 4.90 Å². The fraction of sp³-hybridized carbons (Fsp3) is 0.462. The van der Waals surface area contributed by atoms with Crippen LogP contribution in [0.1, 0.15) is 30.9 Å². The third-order valence-corrected chi connectivity index (χ3v) is 3.21. The summed E-state index contributed by atoms with van der Waals surface area (Å²) in [4.78, 5) is 12.8. The minimum Gasteiger partial charge on any atom is -0.480 e. The van der Waals surface area contributed by atoms with E-state index >= 15 is 0 Å². The third kappa shape index (κ3) is 3.03. The number of hydrogen-bond donors (Lipinski definition) is 1. The molecule has 1 aliphatic rings. The van der Waals surface area contributed by atoms with Crippen LogP contribution in [0, 0.1) is 5.82 Å². The Morgan fingerprint density at radius 2 is 2.06 bits per heavy atom. The van der Waals surface area contributed by atoms with Gasteiger partial charge in [0, 0.05) is 6.04 Å². The fourth-order valence-electron chi connectivity index (χ4n) is 2.42. The summed E-state index contributed by atoms with van der Waals surface area (Å²) in [5, 5.41) is 8.87. The molecule has 1 atom stereocenters. The van der Waals surface area contributed by atoms with Gasteiger partial charge in [-0.15, -0.1) is 0 Å². The zero-order valence-electron chi connectivity index (χ0n) is 9.60. The molecule has 1 saturated heterocycles. The Labute approximate surface area is 99.9 Å². The standard InChI is InChI=1S/C13H16FNO2/c14-11-6-4-10(5-7-11)12-3-1-2-8-15(12)9-13(16)17/h4-7,12H,1-3,8-9H2,(H,16,17)/t12-/m0/s1. The number of carboxylic acids is 1. The zero-order chi connectivity index (χ0) is 12.3. The van der Waals surface area contributed by atoms with Crippen LogP contribution in [0.2, 0.25) is 0 Å². The highest BCUT2D eigenvalue weighted by molar-refractivity contribution is 5.69. The largest absolute Gasteiger partial charge is 0.480 e. The molecule has 0 bridgehead atoms. The lowest BCUT2D eigenvalue weighted by atomic mass is 9.95. The van der Waals surface area contributed by atoms with E-state index in [0.29, 0.717) is 0 Å². The highest BCUT2D eigenvalue weighted by atomic mass is 19.1. The van der Waals surface area contributed by atoms with E-state index in [4.69, 9.17) is 5.11 Å². The average molecular weight is 237 g/mol. The van der Waals surface area contributed by atoms with Gasteiger partial charge in [0.15, 0.2) is 0 Å². The van der Waals surface area contributed by atoms with E-state index in [2.05, 4.69) is 0 Å². The smallest absolute Gasteiger partial charge is 0.317 e. The van der Waals surface area contributed by atoms with Crippen LogP contribution in [-0.2, 0) is 4.79 Å². The predicted octanol–water partition coefficient (Wildman–Crippen LogP) is 2.44. The third-order valence-electron chi connectivity index (χ3n) is 3.21. The second-order valence-corrected chi connectivity index (χ2v) is 4.43. The topological polar surface area (TPSA) is 40.5 Å². The molecule has 1 aliphatic heterocycles. The van der Waals surface area contributed by atoms with Crippen LogP contribution in [0.15, 0.2) is 24.3 Å². The van der Waals surface area contributed by atoms with Crippen molar-refractivity contribution in [2.24, 2.45) is 0 Å². The number of likely N-dealkylation sites (tertiary alicyclic amines) is 1. The van der Waals surface area contributed by atoms with Crippen LogP contribution < -0.4 is 0 Å². The van der Waals surface area contributed by atoms with E-state index < -0.39 is 5.97 Å². The second-order valence-electron chi connectivity index (χ2n) is 4.43. The molecule has 1 N–H and O–H groups in total. The summed E-state index contributed by atoms with van der Waals surface area (Å²) < 4.78 is 12.9. The van der Waals surface area contributed by atoms with Crippen molar-refractivity contribution >= 4 is 5.97 Å². The Kier molecular flexibility index (Phi) is 3.74. The summed E-state index contributed by atoms with van der Waals surface area (Å²) in [5.41, 5.74) is 1.01. The van der Waals surface area contributed by atoms with Crippen molar-refractivity contribution in [2.45, 2.75) is 25.3 Å². The van der Waals surface area contributed by atoms with Crippen LogP contribution in [0.25, 0.3) is 0 Å². The molecule has 0 unspecified atom stereocenters. The maximum absolute atomic E-state index is 12.9. The van der Waals surface area contributed by atoms with Crippen LogP contribution in [0.3, 0.4) is 0 Å². The van der Waals surface area contributed by atoms with Gasteiger partial charge in [-0.25, -0.2) is 4.39 Å². The molecule has 1 aromatic carbocycles. The monoisotopic (exact) mass is 237 g/mol.